The molecular formula is C21H16FN5OS. The molecule has 5 heterocycles. The summed E-state index contributed by atoms with van der Waals surface area (Å²) in [5.74, 6) is 0.114. The monoisotopic (exact) mass is 405 g/mol. The van der Waals surface area contributed by atoms with Crippen LogP contribution < -0.4 is 4.90 Å². The molecule has 4 aromatic heterocycles. The Kier molecular flexibility index (Phi) is 4.21. The van der Waals surface area contributed by atoms with Gasteiger partial charge in [-0.1, -0.05) is 0 Å². The molecule has 0 bridgehead atoms. The Bertz CT molecular complexity index is 1220. The third-order valence-corrected chi connectivity index (χ3v) is 5.97. The van der Waals surface area contributed by atoms with Gasteiger partial charge < -0.3 is 4.98 Å². The van der Waals surface area contributed by atoms with Gasteiger partial charge in [0.05, 0.1) is 11.8 Å². The molecule has 1 aliphatic heterocycles. The summed E-state index contributed by atoms with van der Waals surface area (Å²) in [5.41, 5.74) is 3.28. The van der Waals surface area contributed by atoms with Gasteiger partial charge in [-0.2, -0.15) is 0 Å². The van der Waals surface area contributed by atoms with Crippen molar-refractivity contribution in [3.8, 4) is 21.8 Å². The molecule has 144 valence electrons. The number of thiazole rings is 1. The maximum absolute atomic E-state index is 14.1. The third kappa shape index (κ3) is 3.01. The molecule has 1 amide bonds. The van der Waals surface area contributed by atoms with Gasteiger partial charge >= 0.3 is 0 Å². The molecule has 0 atom stereocenters. The maximum atomic E-state index is 14.1. The van der Waals surface area contributed by atoms with Crippen LogP contribution in [0, 0.1) is 12.7 Å². The van der Waals surface area contributed by atoms with Crippen molar-refractivity contribution in [3.05, 3.63) is 71.0 Å². The Hall–Kier alpha value is -3.39. The summed E-state index contributed by atoms with van der Waals surface area (Å²) in [7, 11) is 0. The molecule has 5 rings (SSSR count). The number of H-pyrrole nitrogens is 1. The number of anilines is 1. The molecule has 1 aliphatic rings. The molecule has 4 aromatic rings. The molecule has 0 saturated heterocycles. The molecule has 0 saturated carbocycles. The Labute approximate surface area is 170 Å². The maximum Gasteiger partial charge on any atom is 0.261 e. The number of rotatable bonds is 3. The van der Waals surface area contributed by atoms with Crippen molar-refractivity contribution in [2.75, 3.05) is 11.4 Å². The van der Waals surface area contributed by atoms with E-state index >= 15 is 0 Å². The minimum absolute atomic E-state index is 0.130. The van der Waals surface area contributed by atoms with Gasteiger partial charge in [0.15, 0.2) is 5.82 Å². The van der Waals surface area contributed by atoms with Crippen LogP contribution in [0.3, 0.4) is 0 Å². The number of carbonyl (C=O) groups is 1. The summed E-state index contributed by atoms with van der Waals surface area (Å²) in [4.78, 5) is 31.7. The summed E-state index contributed by atoms with van der Waals surface area (Å²) in [5, 5.41) is 0.831. The average Bonchev–Trinajstić information content (AvgIpc) is 3.34. The zero-order chi connectivity index (χ0) is 20.0. The highest BCUT2D eigenvalue weighted by Crippen LogP contribution is 2.35. The van der Waals surface area contributed by atoms with Gasteiger partial charge in [0.2, 0.25) is 0 Å². The van der Waals surface area contributed by atoms with E-state index in [9.17, 15) is 9.18 Å². The van der Waals surface area contributed by atoms with E-state index in [1.807, 2.05) is 19.1 Å². The fraction of sp³-hybridized carbons (Fsp3) is 0.143. The SMILES string of the molecule is Cc1sc(-c2cccnc2)nc1N1CCc2[nH]c(-c3ccncc3F)cc2C1=O. The number of aryl methyl sites for hydroxylation is 1. The van der Waals surface area contributed by atoms with Crippen molar-refractivity contribution >= 4 is 23.1 Å². The first-order chi connectivity index (χ1) is 14.1. The molecule has 29 heavy (non-hydrogen) atoms. The van der Waals surface area contributed by atoms with Crippen LogP contribution >= 0.6 is 11.3 Å². The van der Waals surface area contributed by atoms with E-state index < -0.39 is 5.82 Å². The zero-order valence-electron chi connectivity index (χ0n) is 15.5. The smallest absolute Gasteiger partial charge is 0.261 e. The molecule has 0 unspecified atom stereocenters. The number of hydrogen-bond donors (Lipinski definition) is 1. The average molecular weight is 405 g/mol. The second kappa shape index (κ2) is 6.89. The number of carbonyl (C=O) groups excluding carboxylic acids is 1. The van der Waals surface area contributed by atoms with E-state index in [4.69, 9.17) is 4.98 Å². The summed E-state index contributed by atoms with van der Waals surface area (Å²) in [6.45, 7) is 2.48. The molecule has 1 N–H and O–H groups in total. The van der Waals surface area contributed by atoms with Crippen LogP contribution in [0.25, 0.3) is 21.8 Å². The first-order valence-electron chi connectivity index (χ1n) is 9.13. The van der Waals surface area contributed by atoms with Crippen molar-refractivity contribution in [3.63, 3.8) is 0 Å². The molecule has 0 radical (unpaired) electrons. The van der Waals surface area contributed by atoms with Crippen LogP contribution in [0.1, 0.15) is 20.9 Å². The number of aromatic nitrogens is 4. The van der Waals surface area contributed by atoms with E-state index in [2.05, 4.69) is 15.0 Å². The highest BCUT2D eigenvalue weighted by molar-refractivity contribution is 7.15. The first kappa shape index (κ1) is 17.7. The van der Waals surface area contributed by atoms with Crippen LogP contribution in [-0.4, -0.2) is 32.4 Å². The van der Waals surface area contributed by atoms with Crippen molar-refractivity contribution < 1.29 is 9.18 Å². The van der Waals surface area contributed by atoms with Gasteiger partial charge in [-0.15, -0.1) is 11.3 Å². The number of nitrogens with one attached hydrogen (secondary N) is 1. The normalized spacial score (nSPS) is 13.6. The van der Waals surface area contributed by atoms with Gasteiger partial charge in [0.1, 0.15) is 10.8 Å². The van der Waals surface area contributed by atoms with Gasteiger partial charge in [-0.25, -0.2) is 9.37 Å². The van der Waals surface area contributed by atoms with Crippen LogP contribution in [0.15, 0.2) is 49.1 Å². The number of pyridine rings is 2. The number of amides is 1. The quantitative estimate of drug-likeness (QED) is 0.553. The second-order valence-corrected chi connectivity index (χ2v) is 7.98. The van der Waals surface area contributed by atoms with Crippen LogP contribution in [-0.2, 0) is 6.42 Å². The second-order valence-electron chi connectivity index (χ2n) is 6.78. The fourth-order valence-corrected chi connectivity index (χ4v) is 4.46. The molecule has 8 heteroatoms. The third-order valence-electron chi connectivity index (χ3n) is 4.96. The Morgan fingerprint density at radius 1 is 1.17 bits per heavy atom. The van der Waals surface area contributed by atoms with Crippen LogP contribution in [0.5, 0.6) is 0 Å². The summed E-state index contributed by atoms with van der Waals surface area (Å²) >= 11 is 1.54. The minimum Gasteiger partial charge on any atom is -0.358 e. The lowest BCUT2D eigenvalue weighted by molar-refractivity contribution is 0.0980. The lowest BCUT2D eigenvalue weighted by Gasteiger charge is -2.25. The van der Waals surface area contributed by atoms with E-state index in [-0.39, 0.29) is 5.91 Å². The standard InChI is InChI=1S/C21H16FN5OS/c1-12-19(26-20(29-12)13-3-2-6-23-10-13)27-8-5-17-15(21(27)28)9-18(25-17)14-4-7-24-11-16(14)22/h2-4,6-7,9-11,25H,5,8H2,1H3. The Morgan fingerprint density at radius 2 is 2.03 bits per heavy atom. The number of halogens is 1. The van der Waals surface area contributed by atoms with Crippen LogP contribution in [0.2, 0.25) is 0 Å². The number of hydrogen-bond acceptors (Lipinski definition) is 5. The predicted molar refractivity (Wildman–Crippen MR) is 109 cm³/mol. The van der Waals surface area contributed by atoms with Crippen LogP contribution in [0.4, 0.5) is 10.2 Å². The van der Waals surface area contributed by atoms with E-state index in [1.54, 1.807) is 29.4 Å². The van der Waals surface area contributed by atoms with Crippen molar-refractivity contribution in [2.45, 2.75) is 13.3 Å². The van der Waals surface area contributed by atoms with Crippen molar-refractivity contribution in [2.24, 2.45) is 0 Å². The number of fused-ring (bicyclic) bond motifs is 1. The van der Waals surface area contributed by atoms with E-state index in [0.29, 0.717) is 35.6 Å². The summed E-state index contributed by atoms with van der Waals surface area (Å²) in [6, 6.07) is 7.13. The molecule has 0 spiro atoms. The molecule has 0 aliphatic carbocycles. The lowest BCUT2D eigenvalue weighted by atomic mass is 10.1. The fourth-order valence-electron chi connectivity index (χ4n) is 3.55. The highest BCUT2D eigenvalue weighted by Gasteiger charge is 2.30. The minimum atomic E-state index is -0.424. The predicted octanol–water partition coefficient (Wildman–Crippen LogP) is 4.25. The highest BCUT2D eigenvalue weighted by atomic mass is 32.1. The van der Waals surface area contributed by atoms with Gasteiger partial charge in [0.25, 0.3) is 5.91 Å². The Morgan fingerprint density at radius 3 is 2.83 bits per heavy atom. The molecule has 0 aromatic carbocycles. The van der Waals surface area contributed by atoms with Crippen molar-refractivity contribution in [1.82, 2.24) is 19.9 Å². The number of nitrogens with zero attached hydrogens (tertiary/aromatic N) is 4. The lowest BCUT2D eigenvalue weighted by Crippen LogP contribution is -2.37. The Balaban J connectivity index is 1.50. The molecule has 6 nitrogen and oxygen atoms in total. The van der Waals surface area contributed by atoms with Gasteiger partial charge in [0, 0.05) is 58.9 Å². The first-order valence-corrected chi connectivity index (χ1v) is 9.95. The molecule has 0 fully saturated rings. The topological polar surface area (TPSA) is 74.8 Å². The van der Waals surface area contributed by atoms with Crippen molar-refractivity contribution in [1.29, 1.82) is 0 Å². The zero-order valence-corrected chi connectivity index (χ0v) is 16.3. The summed E-state index contributed by atoms with van der Waals surface area (Å²) in [6.07, 6.45) is 6.83. The molecular weight excluding hydrogens is 389 g/mol. The van der Waals surface area contributed by atoms with Gasteiger partial charge in [-0.05, 0) is 31.2 Å². The van der Waals surface area contributed by atoms with Gasteiger partial charge in [-0.3, -0.25) is 19.7 Å². The largest absolute Gasteiger partial charge is 0.358 e. The summed E-state index contributed by atoms with van der Waals surface area (Å²) < 4.78 is 14.1. The van der Waals surface area contributed by atoms with E-state index in [0.717, 1.165) is 21.1 Å². The number of aromatic amines is 1. The van der Waals surface area contributed by atoms with E-state index in [1.165, 1.54) is 23.7 Å².